The first kappa shape index (κ1) is 39.9. The van der Waals surface area contributed by atoms with Crippen LogP contribution in [0.25, 0.3) is 6.08 Å². The molecule has 54 heavy (non-hydrogen) atoms. The van der Waals surface area contributed by atoms with E-state index in [9.17, 15) is 45.0 Å². The third-order valence-electron chi connectivity index (χ3n) is 10.0. The zero-order valence-corrected chi connectivity index (χ0v) is 29.6. The predicted molar refractivity (Wildman–Crippen MR) is 175 cm³/mol. The molecule has 1 aliphatic carbocycles. The summed E-state index contributed by atoms with van der Waals surface area (Å²) in [5, 5.41) is 62.6. The molecule has 298 valence electrons. The van der Waals surface area contributed by atoms with Gasteiger partial charge in [0.25, 0.3) is 0 Å². The molecule has 0 spiro atoms. The number of epoxide rings is 1. The zero-order valence-electron chi connectivity index (χ0n) is 29.6. The number of hydrogen-bond acceptors (Lipinski definition) is 19. The van der Waals surface area contributed by atoms with Crippen LogP contribution in [0.4, 0.5) is 0 Å². The molecule has 4 fully saturated rings. The molecule has 1 saturated carbocycles. The van der Waals surface area contributed by atoms with E-state index in [1.807, 2.05) is 0 Å². The molecule has 0 amide bonds. The number of carbonyl (C=O) groups is 3. The summed E-state index contributed by atoms with van der Waals surface area (Å²) in [5.74, 6) is -3.27. The summed E-state index contributed by atoms with van der Waals surface area (Å²) in [7, 11) is 1.40. The molecule has 6 rings (SSSR count). The maximum absolute atomic E-state index is 13.1. The summed E-state index contributed by atoms with van der Waals surface area (Å²) in [6.07, 6.45) is -12.4. The topological polar surface area (TPSA) is 268 Å². The zero-order chi connectivity index (χ0) is 39.1. The number of benzene rings is 1. The molecule has 0 unspecified atom stereocenters. The van der Waals surface area contributed by atoms with E-state index < -0.39 is 128 Å². The third kappa shape index (κ3) is 7.71. The van der Waals surface area contributed by atoms with Crippen molar-refractivity contribution >= 4 is 24.0 Å². The Morgan fingerprint density at radius 3 is 2.26 bits per heavy atom. The van der Waals surface area contributed by atoms with Crippen LogP contribution >= 0.6 is 0 Å². The highest BCUT2D eigenvalue weighted by atomic mass is 16.8. The monoisotopic (exact) mass is 768 g/mol. The number of methoxy groups -OCH3 is 1. The van der Waals surface area contributed by atoms with Gasteiger partial charge in [0.1, 0.15) is 42.2 Å². The van der Waals surface area contributed by atoms with E-state index in [4.69, 9.17) is 47.4 Å². The lowest BCUT2D eigenvalue weighted by Crippen LogP contribution is -2.61. The Kier molecular flexibility index (Phi) is 12.0. The molecule has 1 aromatic rings. The van der Waals surface area contributed by atoms with E-state index >= 15 is 0 Å². The van der Waals surface area contributed by atoms with Gasteiger partial charge in [-0.25, -0.2) is 4.79 Å². The van der Waals surface area contributed by atoms with Gasteiger partial charge >= 0.3 is 17.9 Å². The van der Waals surface area contributed by atoms with E-state index in [1.165, 1.54) is 45.4 Å². The number of aliphatic hydroxyl groups excluding tert-OH is 6. The Balaban J connectivity index is 1.18. The largest absolute Gasteiger partial charge is 0.493 e. The van der Waals surface area contributed by atoms with Gasteiger partial charge in [0.2, 0.25) is 6.29 Å². The molecule has 19 heteroatoms. The highest BCUT2D eigenvalue weighted by molar-refractivity contribution is 5.87. The van der Waals surface area contributed by atoms with Crippen LogP contribution in [0.15, 0.2) is 36.6 Å². The number of ether oxygens (including phenoxy) is 10. The highest BCUT2D eigenvalue weighted by Gasteiger charge is 2.77. The van der Waals surface area contributed by atoms with Crippen molar-refractivity contribution in [3.05, 3.63) is 42.2 Å². The number of hydrogen-bond donors (Lipinski definition) is 6. The molecule has 0 bridgehead atoms. The molecular formula is C35H44O19. The van der Waals surface area contributed by atoms with E-state index in [1.54, 1.807) is 12.1 Å². The molecule has 4 heterocycles. The molecule has 0 radical (unpaired) electrons. The average molecular weight is 769 g/mol. The van der Waals surface area contributed by atoms with Crippen molar-refractivity contribution in [2.75, 3.05) is 20.3 Å². The van der Waals surface area contributed by atoms with Crippen LogP contribution in [-0.2, 0) is 52.3 Å². The number of rotatable bonds is 12. The van der Waals surface area contributed by atoms with Gasteiger partial charge in [0.05, 0.1) is 44.7 Å². The standard InChI is InChI=1S/C35H44O19/c1-14-28(49-16(3)39)30(51-22(40)8-6-17-5-7-19(45-4)20(11-17)48-15(2)38)27(44)34(47-14)52-29-18-9-10-46-32(23(18)35(13-37)31(29)54-35)53-33-26(43)25(42)24(41)21(12-36)50-33/h5-11,14,18,21,23-34,36-37,41-44H,12-13H2,1-4H3/b8-6+/t14-,18+,21+,23+,24+,25-,26+,27+,28-,29-,30-,31-,32-,33-,34-,35+/m0/s1. The SMILES string of the molecule is COc1ccc(/C=C/C(=O)O[C@H]2[C@@H](O)[C@H](O[C@H]3[C@@H]4C=CO[C@@H](O[C@@H]5O[C@H](CO)[C@@H](O)[C@H](O)[C@H]5O)[C@@H]4[C@@]4(CO)O[C@@H]34)O[C@@H](C)[C@@H]2OC(C)=O)cc1OC(C)=O. The first-order chi connectivity index (χ1) is 25.7. The normalized spacial score (nSPS) is 41.0. The fourth-order valence-corrected chi connectivity index (χ4v) is 7.42. The summed E-state index contributed by atoms with van der Waals surface area (Å²) in [5.41, 5.74) is -0.841. The average Bonchev–Trinajstić information content (AvgIpc) is 3.81. The highest BCUT2D eigenvalue weighted by Crippen LogP contribution is 2.61. The molecule has 0 aromatic heterocycles. The first-order valence-electron chi connectivity index (χ1n) is 17.2. The Hall–Kier alpha value is -3.73. The lowest BCUT2D eigenvalue weighted by Gasteiger charge is -2.44. The van der Waals surface area contributed by atoms with Crippen LogP contribution in [0.2, 0.25) is 0 Å². The summed E-state index contributed by atoms with van der Waals surface area (Å²) in [6.45, 7) is 2.69. The first-order valence-corrected chi connectivity index (χ1v) is 17.2. The second-order valence-electron chi connectivity index (χ2n) is 13.5. The Morgan fingerprint density at radius 2 is 1.59 bits per heavy atom. The number of carbonyl (C=O) groups excluding carboxylic acids is 3. The van der Waals surface area contributed by atoms with Crippen molar-refractivity contribution in [3.63, 3.8) is 0 Å². The van der Waals surface area contributed by atoms with Gasteiger partial charge in [-0.15, -0.1) is 0 Å². The number of aliphatic hydroxyl groups is 6. The lowest BCUT2D eigenvalue weighted by molar-refractivity contribution is -0.347. The van der Waals surface area contributed by atoms with Crippen molar-refractivity contribution < 1.29 is 92.4 Å². The Labute approximate surface area is 308 Å². The quantitative estimate of drug-likeness (QED) is 0.0583. The van der Waals surface area contributed by atoms with Crippen LogP contribution in [0.5, 0.6) is 11.5 Å². The van der Waals surface area contributed by atoms with E-state index in [0.717, 1.165) is 13.0 Å². The van der Waals surface area contributed by atoms with Gasteiger partial charge in [0, 0.05) is 25.8 Å². The molecule has 1 aromatic carbocycles. The second-order valence-corrected chi connectivity index (χ2v) is 13.5. The van der Waals surface area contributed by atoms with E-state index in [0.29, 0.717) is 5.56 Å². The van der Waals surface area contributed by atoms with Crippen LogP contribution in [0.3, 0.4) is 0 Å². The minimum Gasteiger partial charge on any atom is -0.493 e. The molecule has 16 atom stereocenters. The Bertz CT molecular complexity index is 1600. The minimum absolute atomic E-state index is 0.120. The van der Waals surface area contributed by atoms with Crippen molar-refractivity contribution in [3.8, 4) is 11.5 Å². The van der Waals surface area contributed by atoms with Gasteiger partial charge in [0.15, 0.2) is 36.3 Å². The van der Waals surface area contributed by atoms with Crippen LogP contribution in [0.1, 0.15) is 26.3 Å². The van der Waals surface area contributed by atoms with Crippen molar-refractivity contribution in [1.82, 2.24) is 0 Å². The lowest BCUT2D eigenvalue weighted by atomic mass is 9.85. The summed E-state index contributed by atoms with van der Waals surface area (Å²) in [4.78, 5) is 36.7. The predicted octanol–water partition coefficient (Wildman–Crippen LogP) is -1.97. The maximum atomic E-state index is 13.1. The summed E-state index contributed by atoms with van der Waals surface area (Å²) >= 11 is 0. The smallest absolute Gasteiger partial charge is 0.331 e. The molecule has 6 N–H and O–H groups in total. The van der Waals surface area contributed by atoms with Gasteiger partial charge in [-0.1, -0.05) is 6.07 Å². The summed E-state index contributed by atoms with van der Waals surface area (Å²) in [6, 6.07) is 4.59. The number of esters is 3. The number of fused-ring (bicyclic) bond motifs is 3. The van der Waals surface area contributed by atoms with Gasteiger partial charge in [-0.05, 0) is 36.8 Å². The fraction of sp³-hybridized carbons (Fsp3) is 0.629. The second kappa shape index (κ2) is 16.2. The van der Waals surface area contributed by atoms with Crippen LogP contribution < -0.4 is 9.47 Å². The van der Waals surface area contributed by atoms with Gasteiger partial charge in [-0.3, -0.25) is 9.59 Å². The van der Waals surface area contributed by atoms with Crippen molar-refractivity contribution in [2.45, 2.75) is 106 Å². The van der Waals surface area contributed by atoms with Crippen LogP contribution in [0, 0.1) is 11.8 Å². The van der Waals surface area contributed by atoms with E-state index in [-0.39, 0.29) is 11.5 Å². The molecule has 3 saturated heterocycles. The minimum atomic E-state index is -1.73. The fourth-order valence-electron chi connectivity index (χ4n) is 7.42. The van der Waals surface area contributed by atoms with E-state index in [2.05, 4.69) is 0 Å². The van der Waals surface area contributed by atoms with Crippen molar-refractivity contribution in [2.24, 2.45) is 11.8 Å². The molecular weight excluding hydrogens is 724 g/mol. The Morgan fingerprint density at radius 1 is 0.852 bits per heavy atom. The summed E-state index contributed by atoms with van der Waals surface area (Å²) < 4.78 is 56.7. The van der Waals surface area contributed by atoms with Gasteiger partial charge < -0.3 is 78.0 Å². The molecule has 4 aliphatic heterocycles. The van der Waals surface area contributed by atoms with Gasteiger partial charge in [-0.2, -0.15) is 0 Å². The molecule has 19 nitrogen and oxygen atoms in total. The molecule has 5 aliphatic rings. The van der Waals surface area contributed by atoms with Crippen LogP contribution in [-0.4, -0.2) is 154 Å². The van der Waals surface area contributed by atoms with Crippen molar-refractivity contribution in [1.29, 1.82) is 0 Å². The maximum Gasteiger partial charge on any atom is 0.331 e. The third-order valence-corrected chi connectivity index (χ3v) is 10.0.